The number of carbonyl (C=O) groups is 1. The Bertz CT molecular complexity index is 839. The molecule has 1 aromatic heterocycles. The number of halogens is 5. The Morgan fingerprint density at radius 1 is 1.33 bits per heavy atom. The van der Waals surface area contributed by atoms with Gasteiger partial charge in [-0.05, 0) is 30.5 Å². The summed E-state index contributed by atoms with van der Waals surface area (Å²) in [5.41, 5.74) is 3.12. The van der Waals surface area contributed by atoms with Crippen LogP contribution in [-0.4, -0.2) is 40.2 Å². The first-order valence-corrected chi connectivity index (χ1v) is 8.06. The van der Waals surface area contributed by atoms with E-state index in [0.29, 0.717) is 24.2 Å². The van der Waals surface area contributed by atoms with Gasteiger partial charge in [-0.25, -0.2) is 9.07 Å². The van der Waals surface area contributed by atoms with Crippen LogP contribution in [0.25, 0.3) is 5.69 Å². The van der Waals surface area contributed by atoms with Gasteiger partial charge in [0.15, 0.2) is 5.69 Å². The number of para-hydroxylation sites is 1. The number of likely N-dealkylation sites (tertiary alicyclic amines) is 1. The molecule has 1 aromatic carbocycles. The molecule has 0 saturated carbocycles. The zero-order valence-electron chi connectivity index (χ0n) is 14.5. The summed E-state index contributed by atoms with van der Waals surface area (Å²) in [6.45, 7) is 2.80. The van der Waals surface area contributed by atoms with Crippen LogP contribution in [0.15, 0.2) is 30.5 Å². The first-order valence-electron chi connectivity index (χ1n) is 8.06. The highest BCUT2D eigenvalue weighted by atomic mass is 35.5. The minimum absolute atomic E-state index is 0. The van der Waals surface area contributed by atoms with Gasteiger partial charge in [0.25, 0.3) is 5.91 Å². The Balaban J connectivity index is 0.00000261. The third-order valence-electron chi connectivity index (χ3n) is 4.69. The van der Waals surface area contributed by atoms with Gasteiger partial charge in [-0.3, -0.25) is 4.79 Å². The van der Waals surface area contributed by atoms with Gasteiger partial charge >= 0.3 is 6.18 Å². The molecule has 1 aliphatic rings. The molecule has 27 heavy (non-hydrogen) atoms. The second-order valence-corrected chi connectivity index (χ2v) is 6.76. The van der Waals surface area contributed by atoms with Crippen molar-refractivity contribution in [1.82, 2.24) is 14.7 Å². The van der Waals surface area contributed by atoms with Gasteiger partial charge in [-0.2, -0.15) is 18.3 Å². The van der Waals surface area contributed by atoms with Crippen molar-refractivity contribution in [3.63, 3.8) is 0 Å². The number of hydrogen-bond acceptors (Lipinski definition) is 3. The number of nitrogens with two attached hydrogens (primary N) is 1. The van der Waals surface area contributed by atoms with E-state index < -0.39 is 29.2 Å². The third kappa shape index (κ3) is 3.93. The molecule has 1 amide bonds. The first-order chi connectivity index (χ1) is 12.2. The lowest BCUT2D eigenvalue weighted by molar-refractivity contribution is -0.143. The highest BCUT2D eigenvalue weighted by Crippen LogP contribution is 2.36. The molecule has 148 valence electrons. The Hall–Kier alpha value is -2.13. The first kappa shape index (κ1) is 21.2. The number of hydrogen-bond donors (Lipinski definition) is 1. The van der Waals surface area contributed by atoms with Crippen LogP contribution in [0.3, 0.4) is 0 Å². The molecule has 10 heteroatoms. The summed E-state index contributed by atoms with van der Waals surface area (Å²) >= 11 is 0. The molecule has 1 unspecified atom stereocenters. The maximum absolute atomic E-state index is 14.0. The number of nitrogens with zero attached hydrogens (tertiary/aromatic N) is 3. The fourth-order valence-corrected chi connectivity index (χ4v) is 3.12. The van der Waals surface area contributed by atoms with Gasteiger partial charge in [0, 0.05) is 13.1 Å². The Morgan fingerprint density at radius 3 is 2.56 bits per heavy atom. The van der Waals surface area contributed by atoms with Crippen molar-refractivity contribution in [2.75, 3.05) is 19.6 Å². The van der Waals surface area contributed by atoms with E-state index in [2.05, 4.69) is 5.10 Å². The summed E-state index contributed by atoms with van der Waals surface area (Å²) in [6.07, 6.45) is -3.42. The summed E-state index contributed by atoms with van der Waals surface area (Å²) < 4.78 is 55.3. The van der Waals surface area contributed by atoms with Crippen molar-refractivity contribution in [3.8, 4) is 5.69 Å². The highest BCUT2D eigenvalue weighted by molar-refractivity contribution is 5.95. The van der Waals surface area contributed by atoms with Crippen molar-refractivity contribution in [3.05, 3.63) is 47.5 Å². The fourth-order valence-electron chi connectivity index (χ4n) is 3.12. The molecule has 3 rings (SSSR count). The van der Waals surface area contributed by atoms with Crippen molar-refractivity contribution in [2.45, 2.75) is 19.5 Å². The fraction of sp³-hybridized carbons (Fsp3) is 0.412. The smallest absolute Gasteiger partial charge is 0.338 e. The topological polar surface area (TPSA) is 64.2 Å². The van der Waals surface area contributed by atoms with Crippen LogP contribution in [0.5, 0.6) is 0 Å². The molecule has 5 nitrogen and oxygen atoms in total. The summed E-state index contributed by atoms with van der Waals surface area (Å²) in [7, 11) is 0. The molecule has 2 heterocycles. The molecule has 1 saturated heterocycles. The maximum atomic E-state index is 14.0. The van der Waals surface area contributed by atoms with Crippen molar-refractivity contribution >= 4 is 18.3 Å². The molecule has 1 atom stereocenters. The predicted octanol–water partition coefficient (Wildman–Crippen LogP) is 3.26. The Kier molecular flexibility index (Phi) is 5.86. The third-order valence-corrected chi connectivity index (χ3v) is 4.69. The number of aromatic nitrogens is 2. The minimum atomic E-state index is -4.87. The van der Waals surface area contributed by atoms with E-state index >= 15 is 0 Å². The van der Waals surface area contributed by atoms with Crippen molar-refractivity contribution < 1.29 is 22.4 Å². The number of alkyl halides is 3. The lowest BCUT2D eigenvalue weighted by Crippen LogP contribution is -2.35. The van der Waals surface area contributed by atoms with Crippen LogP contribution >= 0.6 is 12.4 Å². The van der Waals surface area contributed by atoms with E-state index in [1.165, 1.54) is 23.1 Å². The molecular formula is C17H19ClF4N4O. The van der Waals surface area contributed by atoms with Crippen LogP contribution < -0.4 is 5.73 Å². The van der Waals surface area contributed by atoms with Gasteiger partial charge < -0.3 is 10.6 Å². The monoisotopic (exact) mass is 406 g/mol. The normalized spacial score (nSPS) is 19.9. The largest absolute Gasteiger partial charge is 0.434 e. The van der Waals surface area contributed by atoms with E-state index in [-0.39, 0.29) is 30.1 Å². The molecule has 0 radical (unpaired) electrons. The minimum Gasteiger partial charge on any atom is -0.338 e. The maximum Gasteiger partial charge on any atom is 0.434 e. The second kappa shape index (κ2) is 7.47. The molecule has 0 bridgehead atoms. The van der Waals surface area contributed by atoms with Gasteiger partial charge in [-0.1, -0.05) is 19.1 Å². The molecule has 0 aliphatic carbocycles. The number of amides is 1. The molecule has 2 N–H and O–H groups in total. The summed E-state index contributed by atoms with van der Waals surface area (Å²) in [5.74, 6) is -1.64. The predicted molar refractivity (Wildman–Crippen MR) is 93.5 cm³/mol. The van der Waals surface area contributed by atoms with Crippen molar-refractivity contribution in [1.29, 1.82) is 0 Å². The van der Waals surface area contributed by atoms with Crippen LogP contribution in [0.1, 0.15) is 29.4 Å². The quantitative estimate of drug-likeness (QED) is 0.796. The van der Waals surface area contributed by atoms with E-state index in [0.717, 1.165) is 12.3 Å². The molecule has 2 aromatic rings. The molecular weight excluding hydrogens is 388 g/mol. The summed E-state index contributed by atoms with van der Waals surface area (Å²) in [5, 5.41) is 3.65. The SMILES string of the molecule is CC1(CN)CCN(C(=O)c2cnn(-c3ccccc3F)c2C(F)(F)F)C1.Cl. The van der Waals surface area contributed by atoms with E-state index in [9.17, 15) is 22.4 Å². The Labute approximate surface area is 159 Å². The van der Waals surface area contributed by atoms with E-state index in [1.807, 2.05) is 6.92 Å². The number of carbonyl (C=O) groups excluding carboxylic acids is 1. The number of rotatable bonds is 3. The van der Waals surface area contributed by atoms with Crippen LogP contribution in [0.4, 0.5) is 17.6 Å². The Morgan fingerprint density at radius 2 is 2.00 bits per heavy atom. The standard InChI is InChI=1S/C17H18F4N4O.ClH/c1-16(9-22)6-7-24(10-16)15(26)11-8-23-25(14(11)17(19,20)21)13-5-3-2-4-12(13)18;/h2-5,8H,6-7,9-10,22H2,1H3;1H. The lowest BCUT2D eigenvalue weighted by atomic mass is 9.90. The van der Waals surface area contributed by atoms with Gasteiger partial charge in [0.05, 0.1) is 11.8 Å². The average Bonchev–Trinajstić information content (AvgIpc) is 3.19. The summed E-state index contributed by atoms with van der Waals surface area (Å²) in [4.78, 5) is 14.0. The molecule has 0 spiro atoms. The number of benzene rings is 1. The van der Waals surface area contributed by atoms with Crippen molar-refractivity contribution in [2.24, 2.45) is 11.1 Å². The zero-order valence-corrected chi connectivity index (χ0v) is 15.3. The van der Waals surface area contributed by atoms with Crippen LogP contribution in [-0.2, 0) is 6.18 Å². The van der Waals surface area contributed by atoms with Gasteiger partial charge in [0.2, 0.25) is 0 Å². The summed E-state index contributed by atoms with van der Waals surface area (Å²) in [6, 6.07) is 4.97. The van der Waals surface area contributed by atoms with Gasteiger partial charge in [-0.15, -0.1) is 12.4 Å². The molecule has 1 fully saturated rings. The highest BCUT2D eigenvalue weighted by Gasteiger charge is 2.43. The second-order valence-electron chi connectivity index (χ2n) is 6.76. The van der Waals surface area contributed by atoms with Crippen LogP contribution in [0.2, 0.25) is 0 Å². The zero-order chi connectivity index (χ0) is 19.1. The van der Waals surface area contributed by atoms with Gasteiger partial charge in [0.1, 0.15) is 11.5 Å². The van der Waals surface area contributed by atoms with E-state index in [1.54, 1.807) is 0 Å². The molecule has 1 aliphatic heterocycles. The average molecular weight is 407 g/mol. The lowest BCUT2D eigenvalue weighted by Gasteiger charge is -2.22. The van der Waals surface area contributed by atoms with Crippen LogP contribution in [0, 0.1) is 11.2 Å². The van der Waals surface area contributed by atoms with E-state index in [4.69, 9.17) is 5.73 Å².